The Bertz CT molecular complexity index is 1190. The second-order valence-corrected chi connectivity index (χ2v) is 9.50. The number of ether oxygens (including phenoxy) is 1. The van der Waals surface area contributed by atoms with Crippen molar-refractivity contribution >= 4 is 29.1 Å². The predicted molar refractivity (Wildman–Crippen MR) is 156 cm³/mol. The van der Waals surface area contributed by atoms with Crippen LogP contribution in [0, 0.1) is 5.92 Å². The van der Waals surface area contributed by atoms with E-state index in [-0.39, 0.29) is 30.9 Å². The van der Waals surface area contributed by atoms with Crippen LogP contribution in [0.1, 0.15) is 47.1 Å². The number of hydrogen-bond acceptors (Lipinski definition) is 6. The van der Waals surface area contributed by atoms with E-state index in [0.29, 0.717) is 35.7 Å². The average Bonchev–Trinajstić information content (AvgIpc) is 2.94. The summed E-state index contributed by atoms with van der Waals surface area (Å²) in [6.45, 7) is 7.95. The van der Waals surface area contributed by atoms with E-state index in [1.807, 2.05) is 59.1 Å². The zero-order chi connectivity index (χ0) is 28.8. The van der Waals surface area contributed by atoms with Crippen molar-refractivity contribution in [3.05, 3.63) is 88.7 Å². The number of hydrogen-bond donors (Lipinski definition) is 2. The second-order valence-electron chi connectivity index (χ2n) is 9.09. The SMILES string of the molecule is CC.CC1COc2c(NC(=O)c3ccncc3)cccc2C(=O)N(CCO)C1.CN(C)Cc1ccccc1Cl. The molecule has 0 radical (unpaired) electrons. The fourth-order valence-electron chi connectivity index (χ4n) is 3.85. The Labute approximate surface area is 236 Å². The lowest BCUT2D eigenvalue weighted by atomic mass is 10.1. The number of anilines is 1. The van der Waals surface area contributed by atoms with Gasteiger partial charge in [0, 0.05) is 48.5 Å². The molecule has 3 aromatic rings. The van der Waals surface area contributed by atoms with E-state index < -0.39 is 0 Å². The molecule has 9 heteroatoms. The lowest BCUT2D eigenvalue weighted by molar-refractivity contribution is 0.0645. The van der Waals surface area contributed by atoms with Crippen LogP contribution >= 0.6 is 11.6 Å². The van der Waals surface area contributed by atoms with Gasteiger partial charge in [-0.3, -0.25) is 14.6 Å². The Kier molecular flexibility index (Phi) is 13.4. The van der Waals surface area contributed by atoms with Gasteiger partial charge in [0.25, 0.3) is 11.8 Å². The maximum absolute atomic E-state index is 12.8. The highest BCUT2D eigenvalue weighted by Crippen LogP contribution is 2.32. The summed E-state index contributed by atoms with van der Waals surface area (Å²) < 4.78 is 5.87. The zero-order valence-corrected chi connectivity index (χ0v) is 24.1. The van der Waals surface area contributed by atoms with Crippen molar-refractivity contribution in [3.8, 4) is 5.75 Å². The van der Waals surface area contributed by atoms with Crippen LogP contribution in [0.2, 0.25) is 5.02 Å². The number of nitrogens with zero attached hydrogens (tertiary/aromatic N) is 3. The number of β-amino-alcohol motifs (C(OH)–C–C–N with tert-alkyl or cyclic N) is 1. The summed E-state index contributed by atoms with van der Waals surface area (Å²) in [4.78, 5) is 32.9. The molecule has 1 unspecified atom stereocenters. The molecular formula is C30H39ClN4O4. The number of aromatic nitrogens is 1. The highest BCUT2D eigenvalue weighted by molar-refractivity contribution is 6.31. The number of carbonyl (C=O) groups is 2. The smallest absolute Gasteiger partial charge is 0.257 e. The first-order valence-corrected chi connectivity index (χ1v) is 13.4. The van der Waals surface area contributed by atoms with Gasteiger partial charge in [-0.15, -0.1) is 0 Å². The number of fused-ring (bicyclic) bond motifs is 1. The maximum Gasteiger partial charge on any atom is 0.257 e. The van der Waals surface area contributed by atoms with Crippen LogP contribution in [0.5, 0.6) is 5.75 Å². The fourth-order valence-corrected chi connectivity index (χ4v) is 4.04. The number of benzene rings is 2. The molecule has 0 fully saturated rings. The summed E-state index contributed by atoms with van der Waals surface area (Å²) in [5, 5.41) is 12.9. The van der Waals surface area contributed by atoms with Crippen LogP contribution in [0.3, 0.4) is 0 Å². The molecular weight excluding hydrogens is 516 g/mol. The van der Waals surface area contributed by atoms with Crippen LogP contribution in [-0.2, 0) is 6.54 Å². The molecule has 1 aliphatic rings. The molecule has 2 aromatic carbocycles. The molecule has 2 amide bonds. The number of aliphatic hydroxyl groups excluding tert-OH is 1. The highest BCUT2D eigenvalue weighted by Gasteiger charge is 2.27. The van der Waals surface area contributed by atoms with Crippen molar-refractivity contribution in [2.45, 2.75) is 27.3 Å². The Balaban J connectivity index is 0.000000343. The van der Waals surface area contributed by atoms with E-state index in [2.05, 4.69) is 15.2 Å². The van der Waals surface area contributed by atoms with Gasteiger partial charge >= 0.3 is 0 Å². The first-order chi connectivity index (χ1) is 18.8. The molecule has 0 aliphatic carbocycles. The third-order valence-corrected chi connectivity index (χ3v) is 5.95. The van der Waals surface area contributed by atoms with Crippen molar-refractivity contribution in [1.29, 1.82) is 0 Å². The molecule has 0 saturated heterocycles. The highest BCUT2D eigenvalue weighted by atomic mass is 35.5. The molecule has 4 rings (SSSR count). The Morgan fingerprint density at radius 2 is 1.82 bits per heavy atom. The van der Waals surface area contributed by atoms with Crippen LogP contribution in [-0.4, -0.2) is 72.1 Å². The van der Waals surface area contributed by atoms with E-state index >= 15 is 0 Å². The number of halogens is 1. The van der Waals surface area contributed by atoms with E-state index in [1.54, 1.807) is 47.6 Å². The minimum atomic E-state index is -0.306. The van der Waals surface area contributed by atoms with Crippen molar-refractivity contribution in [3.63, 3.8) is 0 Å². The molecule has 0 spiro atoms. The van der Waals surface area contributed by atoms with Crippen molar-refractivity contribution in [2.75, 3.05) is 45.7 Å². The van der Waals surface area contributed by atoms with Gasteiger partial charge in [0.1, 0.15) is 0 Å². The van der Waals surface area contributed by atoms with Gasteiger partial charge in [-0.05, 0) is 50.0 Å². The standard InChI is InChI=1S/C19H21N3O4.C9H12ClN.C2H6/c1-13-11-22(9-10-23)19(25)15-3-2-4-16(17(15)26-12-13)21-18(24)14-5-7-20-8-6-14;1-11(2)7-8-5-3-4-6-9(8)10;1-2/h2-8,13,23H,9-12H2,1H3,(H,21,24);3-6H,7H2,1-2H3;1-2H3. The third-order valence-electron chi connectivity index (χ3n) is 5.58. The van der Waals surface area contributed by atoms with E-state index in [0.717, 1.165) is 11.6 Å². The number of aliphatic hydroxyl groups is 1. The minimum Gasteiger partial charge on any atom is -0.490 e. The first-order valence-electron chi connectivity index (χ1n) is 13.1. The third kappa shape index (κ3) is 9.66. The second kappa shape index (κ2) is 16.5. The number of rotatable bonds is 6. The van der Waals surface area contributed by atoms with Gasteiger partial charge in [-0.25, -0.2) is 0 Å². The summed E-state index contributed by atoms with van der Waals surface area (Å²) in [5.41, 5.74) is 2.46. The van der Waals surface area contributed by atoms with Crippen molar-refractivity contribution in [2.24, 2.45) is 5.92 Å². The number of carbonyl (C=O) groups excluding carboxylic acids is 2. The lowest BCUT2D eigenvalue weighted by Gasteiger charge is -2.30. The molecule has 0 saturated carbocycles. The van der Waals surface area contributed by atoms with E-state index in [1.165, 1.54) is 5.56 Å². The number of para-hydroxylation sites is 1. The summed E-state index contributed by atoms with van der Waals surface area (Å²) in [6.07, 6.45) is 3.08. The van der Waals surface area contributed by atoms with Crippen molar-refractivity contribution < 1.29 is 19.4 Å². The van der Waals surface area contributed by atoms with E-state index in [9.17, 15) is 14.7 Å². The van der Waals surface area contributed by atoms with Gasteiger partial charge < -0.3 is 25.0 Å². The number of amides is 2. The number of nitrogens with one attached hydrogen (secondary N) is 1. The van der Waals surface area contributed by atoms with Gasteiger partial charge in [0.05, 0.1) is 24.5 Å². The molecule has 0 bridgehead atoms. The normalized spacial score (nSPS) is 14.4. The summed E-state index contributed by atoms with van der Waals surface area (Å²) >= 11 is 5.94. The minimum absolute atomic E-state index is 0.0996. The Hall–Kier alpha value is -3.46. The molecule has 39 heavy (non-hydrogen) atoms. The topological polar surface area (TPSA) is 95.0 Å². The number of pyridine rings is 1. The van der Waals surface area contributed by atoms with Crippen LogP contribution in [0.4, 0.5) is 5.69 Å². The van der Waals surface area contributed by atoms with Crippen LogP contribution in [0.15, 0.2) is 67.0 Å². The Morgan fingerprint density at radius 3 is 2.46 bits per heavy atom. The maximum atomic E-state index is 12.8. The zero-order valence-electron chi connectivity index (χ0n) is 23.4. The molecule has 1 atom stereocenters. The van der Waals surface area contributed by atoms with Gasteiger partial charge in [0.15, 0.2) is 5.75 Å². The molecule has 210 valence electrons. The van der Waals surface area contributed by atoms with Gasteiger partial charge in [0.2, 0.25) is 0 Å². The lowest BCUT2D eigenvalue weighted by Crippen LogP contribution is -2.40. The predicted octanol–water partition coefficient (Wildman–Crippen LogP) is 5.22. The fraction of sp³-hybridized carbons (Fsp3) is 0.367. The van der Waals surface area contributed by atoms with Crippen LogP contribution in [0.25, 0.3) is 0 Å². The van der Waals surface area contributed by atoms with E-state index in [4.69, 9.17) is 16.3 Å². The summed E-state index contributed by atoms with van der Waals surface area (Å²) in [7, 11) is 4.06. The summed E-state index contributed by atoms with van der Waals surface area (Å²) in [6, 6.07) is 16.2. The van der Waals surface area contributed by atoms with Gasteiger partial charge in [-0.2, -0.15) is 0 Å². The summed E-state index contributed by atoms with van der Waals surface area (Å²) in [5.74, 6) is -0.0724. The molecule has 1 aromatic heterocycles. The monoisotopic (exact) mass is 554 g/mol. The quantitative estimate of drug-likeness (QED) is 0.433. The first kappa shape index (κ1) is 31.8. The molecule has 8 nitrogen and oxygen atoms in total. The molecule has 2 N–H and O–H groups in total. The van der Waals surface area contributed by atoms with Crippen molar-refractivity contribution in [1.82, 2.24) is 14.8 Å². The average molecular weight is 555 g/mol. The van der Waals surface area contributed by atoms with Crippen LogP contribution < -0.4 is 10.1 Å². The molecule has 1 aliphatic heterocycles. The Morgan fingerprint density at radius 1 is 1.13 bits per heavy atom. The van der Waals surface area contributed by atoms with Gasteiger partial charge in [-0.1, -0.05) is 56.6 Å². The molecule has 2 heterocycles. The largest absolute Gasteiger partial charge is 0.490 e.